The van der Waals surface area contributed by atoms with Crippen molar-refractivity contribution in [3.63, 3.8) is 0 Å². The van der Waals surface area contributed by atoms with Gasteiger partial charge in [-0.2, -0.15) is 9.61 Å². The van der Waals surface area contributed by atoms with Crippen LogP contribution in [0.3, 0.4) is 0 Å². The first-order valence-corrected chi connectivity index (χ1v) is 22.8. The zero-order valence-corrected chi connectivity index (χ0v) is 34.5. The number of aromatic nitrogens is 3. The number of ether oxygens (including phenoxy) is 2. The number of amides is 4. The summed E-state index contributed by atoms with van der Waals surface area (Å²) in [4.78, 5) is 63.1. The van der Waals surface area contributed by atoms with E-state index in [1.54, 1.807) is 17.5 Å². The second-order valence-corrected chi connectivity index (χ2v) is 19.5. The van der Waals surface area contributed by atoms with Crippen LogP contribution < -0.4 is 20.1 Å². The van der Waals surface area contributed by atoms with Gasteiger partial charge in [-0.1, -0.05) is 67.5 Å². The molecule has 3 aliphatic carbocycles. The summed E-state index contributed by atoms with van der Waals surface area (Å²) in [6.45, 7) is 1.58. The summed E-state index contributed by atoms with van der Waals surface area (Å²) >= 11 is 0. The Morgan fingerprint density at radius 2 is 1.68 bits per heavy atom. The molecule has 0 radical (unpaired) electrons. The van der Waals surface area contributed by atoms with Crippen LogP contribution in [0.5, 0.6) is 5.88 Å². The number of hydrogen-bond acceptors (Lipinski definition) is 10. The third kappa shape index (κ3) is 7.81. The lowest BCUT2D eigenvalue weighted by Gasteiger charge is -2.30. The Kier molecular flexibility index (Phi) is 10.5. The van der Waals surface area contributed by atoms with Gasteiger partial charge in [0.25, 0.3) is 5.91 Å². The summed E-state index contributed by atoms with van der Waals surface area (Å²) in [5.41, 5.74) is 1.26. The standard InChI is InChI=1S/C44H51N7O8S/c1-43(22-23-43)60(56,57)49-41(54)44-26-29(44)16-8-3-2-4-9-21-34(46-42(55)59-30-17-10-11-18-30)40(53)50-27-31(24-36(50)39(52)47-44)58-37-25-35(28-14-6-5-7-15-28)45-38-32-19-12-13-20-33(32)48-51(37)38/h5-8,12-16,19-20,25,29-31,34,36H,2-4,9-11,17-18,21-24,26-27H2,1H3,(H,46,55)(H,47,52)(H,49,54)/b16-8-/t29-,31+,34-,36-,44+/m0/s1. The molecule has 4 fully saturated rings. The number of hydrogen-bond donors (Lipinski definition) is 3. The van der Waals surface area contributed by atoms with E-state index in [4.69, 9.17) is 19.6 Å². The molecule has 15 nitrogen and oxygen atoms in total. The number of benzene rings is 2. The number of rotatable bonds is 8. The van der Waals surface area contributed by atoms with Crippen LogP contribution in [0.4, 0.5) is 4.79 Å². The van der Waals surface area contributed by atoms with E-state index in [0.29, 0.717) is 54.8 Å². The third-order valence-electron chi connectivity index (χ3n) is 12.9. The minimum absolute atomic E-state index is 0.0205. The summed E-state index contributed by atoms with van der Waals surface area (Å²) in [5, 5.41) is 11.4. The minimum Gasteiger partial charge on any atom is -0.472 e. The molecule has 3 N–H and O–H groups in total. The number of nitrogens with one attached hydrogen (secondary N) is 3. The van der Waals surface area contributed by atoms with Crippen molar-refractivity contribution in [1.29, 1.82) is 0 Å². The molecule has 16 heteroatoms. The van der Waals surface area contributed by atoms with Crippen molar-refractivity contribution in [2.45, 2.75) is 125 Å². The van der Waals surface area contributed by atoms with Crippen LogP contribution in [-0.2, 0) is 29.1 Å². The summed E-state index contributed by atoms with van der Waals surface area (Å²) < 4.78 is 41.9. The molecular weight excluding hydrogens is 787 g/mol. The first kappa shape index (κ1) is 39.9. The molecule has 316 valence electrons. The monoisotopic (exact) mass is 837 g/mol. The van der Waals surface area contributed by atoms with Crippen LogP contribution in [0.2, 0.25) is 0 Å². The van der Waals surface area contributed by atoms with Crippen molar-refractivity contribution >= 4 is 50.4 Å². The van der Waals surface area contributed by atoms with Crippen LogP contribution >= 0.6 is 0 Å². The maximum atomic E-state index is 14.8. The summed E-state index contributed by atoms with van der Waals surface area (Å²) in [6.07, 6.45) is 10.0. The fourth-order valence-corrected chi connectivity index (χ4v) is 10.2. The topological polar surface area (TPSA) is 190 Å². The molecule has 2 aliphatic heterocycles. The molecule has 4 aromatic rings. The molecule has 0 bridgehead atoms. The minimum atomic E-state index is -4.00. The van der Waals surface area contributed by atoms with Crippen molar-refractivity contribution in [2.24, 2.45) is 5.92 Å². The molecule has 0 spiro atoms. The van der Waals surface area contributed by atoms with Crippen LogP contribution in [0.25, 0.3) is 27.8 Å². The van der Waals surface area contributed by atoms with E-state index in [2.05, 4.69) is 15.4 Å². The number of carbonyl (C=O) groups is 4. The third-order valence-corrected chi connectivity index (χ3v) is 15.1. The van der Waals surface area contributed by atoms with E-state index in [-0.39, 0.29) is 25.5 Å². The molecular formula is C44H51N7O8S. The maximum Gasteiger partial charge on any atom is 0.408 e. The van der Waals surface area contributed by atoms with Crippen molar-refractivity contribution in [1.82, 2.24) is 34.9 Å². The predicted molar refractivity (Wildman–Crippen MR) is 222 cm³/mol. The highest BCUT2D eigenvalue weighted by atomic mass is 32.2. The van der Waals surface area contributed by atoms with E-state index < -0.39 is 68.2 Å². The Hall–Kier alpha value is -5.51. The van der Waals surface area contributed by atoms with Crippen LogP contribution in [0.15, 0.2) is 72.8 Å². The van der Waals surface area contributed by atoms with Gasteiger partial charge in [-0.15, -0.1) is 0 Å². The lowest BCUT2D eigenvalue weighted by molar-refractivity contribution is -0.141. The van der Waals surface area contributed by atoms with Gasteiger partial charge >= 0.3 is 6.09 Å². The molecule has 5 atom stereocenters. The molecule has 9 rings (SSSR count). The molecule has 1 saturated heterocycles. The van der Waals surface area contributed by atoms with Crippen molar-refractivity contribution in [2.75, 3.05) is 6.54 Å². The SMILES string of the molecule is CC1(S(=O)(=O)NC(=O)[C@@]23C[C@@H]2/C=C\CCCCC[C@H](NC(=O)OC2CCCC2)C(=O)N2C[C@H](Oc4cc(-c5ccccc5)nc5c6ccccc6nn45)C[C@H]2C(=O)N3)CC1. The van der Waals surface area contributed by atoms with E-state index in [1.807, 2.05) is 66.7 Å². The van der Waals surface area contributed by atoms with Gasteiger partial charge in [0.15, 0.2) is 5.65 Å². The Balaban J connectivity index is 1.05. The molecule has 2 aromatic heterocycles. The number of alkyl carbamates (subject to hydrolysis) is 1. The smallest absolute Gasteiger partial charge is 0.408 e. The van der Waals surface area contributed by atoms with Crippen molar-refractivity contribution in [3.8, 4) is 17.1 Å². The van der Waals surface area contributed by atoms with Crippen LogP contribution in [0, 0.1) is 5.92 Å². The number of carbonyl (C=O) groups excluding carboxylic acids is 4. The molecule has 5 aliphatic rings. The Labute approximate surface area is 348 Å². The average molecular weight is 838 g/mol. The van der Waals surface area contributed by atoms with Crippen molar-refractivity contribution < 1.29 is 37.1 Å². The molecule has 0 unspecified atom stereocenters. The van der Waals surface area contributed by atoms with Crippen LogP contribution in [-0.4, -0.2) is 92.9 Å². The number of allylic oxidation sites excluding steroid dienone is 1. The Morgan fingerprint density at radius 3 is 2.47 bits per heavy atom. The van der Waals surface area contributed by atoms with Gasteiger partial charge in [0.1, 0.15) is 29.8 Å². The second kappa shape index (κ2) is 15.8. The van der Waals surface area contributed by atoms with Gasteiger partial charge in [-0.25, -0.2) is 18.2 Å². The van der Waals surface area contributed by atoms with Gasteiger partial charge in [-0.3, -0.25) is 19.1 Å². The molecule has 60 heavy (non-hydrogen) atoms. The zero-order valence-electron chi connectivity index (χ0n) is 33.7. The number of fused-ring (bicyclic) bond motifs is 5. The summed E-state index contributed by atoms with van der Waals surface area (Å²) in [5.74, 6) is -1.97. The van der Waals surface area contributed by atoms with Gasteiger partial charge in [0.2, 0.25) is 27.7 Å². The summed E-state index contributed by atoms with van der Waals surface area (Å²) in [6, 6.07) is 17.0. The molecule has 3 saturated carbocycles. The zero-order chi connectivity index (χ0) is 41.6. The van der Waals surface area contributed by atoms with Gasteiger partial charge in [0, 0.05) is 29.4 Å². The van der Waals surface area contributed by atoms with Crippen molar-refractivity contribution in [3.05, 3.63) is 72.8 Å². The van der Waals surface area contributed by atoms with Gasteiger partial charge in [0.05, 0.1) is 22.5 Å². The fraction of sp³-hybridized carbons (Fsp3) is 0.500. The first-order chi connectivity index (χ1) is 28.9. The predicted octanol–water partition coefficient (Wildman–Crippen LogP) is 5.33. The number of nitrogens with zero attached hydrogens (tertiary/aromatic N) is 4. The molecule has 2 aromatic carbocycles. The number of sulfonamides is 1. The fourth-order valence-electron chi connectivity index (χ4n) is 8.90. The van der Waals surface area contributed by atoms with Crippen LogP contribution in [0.1, 0.15) is 90.4 Å². The quantitative estimate of drug-likeness (QED) is 0.196. The molecule has 4 amide bonds. The highest BCUT2D eigenvalue weighted by molar-refractivity contribution is 7.91. The maximum absolute atomic E-state index is 14.8. The van der Waals surface area contributed by atoms with E-state index in [9.17, 15) is 27.6 Å². The van der Waals surface area contributed by atoms with E-state index in [1.165, 1.54) is 4.90 Å². The van der Waals surface area contributed by atoms with Gasteiger partial charge in [-0.05, 0) is 83.3 Å². The van der Waals surface area contributed by atoms with E-state index in [0.717, 1.165) is 49.5 Å². The second-order valence-electron chi connectivity index (χ2n) is 17.3. The van der Waals surface area contributed by atoms with E-state index >= 15 is 0 Å². The largest absolute Gasteiger partial charge is 0.472 e. The first-order valence-electron chi connectivity index (χ1n) is 21.3. The highest BCUT2D eigenvalue weighted by Gasteiger charge is 2.63. The lowest BCUT2D eigenvalue weighted by Crippen LogP contribution is -2.58. The lowest BCUT2D eigenvalue weighted by atomic mass is 10.0. The average Bonchev–Trinajstić information content (AvgIpc) is 3.89. The summed E-state index contributed by atoms with van der Waals surface area (Å²) in [7, 11) is -4.00. The Morgan fingerprint density at radius 1 is 0.933 bits per heavy atom. The van der Waals surface area contributed by atoms with Gasteiger partial charge < -0.3 is 25.0 Å². The normalized spacial score (nSPS) is 27.5. The Bertz CT molecular complexity index is 2460. The highest BCUT2D eigenvalue weighted by Crippen LogP contribution is 2.47. The molecule has 4 heterocycles.